The van der Waals surface area contributed by atoms with E-state index in [9.17, 15) is 21.6 Å². The van der Waals surface area contributed by atoms with Crippen molar-refractivity contribution >= 4 is 34.3 Å². The number of carboxylic acid groups (broad SMARTS) is 1. The summed E-state index contributed by atoms with van der Waals surface area (Å²) < 4.78 is 69.6. The molecule has 3 N–H and O–H groups in total. The molecular formula is C9H15BO10S2. The molecule has 0 amide bonds. The van der Waals surface area contributed by atoms with Gasteiger partial charge in [-0.2, -0.15) is 16.8 Å². The summed E-state index contributed by atoms with van der Waals surface area (Å²) in [5.41, 5.74) is 0. The maximum absolute atomic E-state index is 11.0. The summed E-state index contributed by atoms with van der Waals surface area (Å²) in [4.78, 5) is 11.0. The first-order valence-electron chi connectivity index (χ1n) is 6.07. The van der Waals surface area contributed by atoms with Gasteiger partial charge in [0.25, 0.3) is 10.1 Å². The number of hydrogen-bond donors (Lipinski definition) is 3. The molecule has 0 aromatic heterocycles. The average Bonchev–Trinajstić information content (AvgIpc) is 2.30. The van der Waals surface area contributed by atoms with E-state index in [1.807, 2.05) is 0 Å². The molecule has 0 aliphatic heterocycles. The number of carboxylic acids is 1. The molecule has 0 saturated heterocycles. The molecule has 0 radical (unpaired) electrons. The first kappa shape index (κ1) is 18.9. The van der Waals surface area contributed by atoms with E-state index < -0.39 is 56.7 Å². The molecule has 1 rings (SSSR count). The Morgan fingerprint density at radius 3 is 2.36 bits per heavy atom. The van der Waals surface area contributed by atoms with Gasteiger partial charge in [0.05, 0.1) is 17.8 Å². The third kappa shape index (κ3) is 6.31. The fourth-order valence-corrected chi connectivity index (χ4v) is 2.80. The molecule has 0 saturated carbocycles. The maximum atomic E-state index is 11.0. The lowest BCUT2D eigenvalue weighted by atomic mass is 9.73. The van der Waals surface area contributed by atoms with Crippen LogP contribution in [0, 0.1) is 5.92 Å². The Morgan fingerprint density at radius 2 is 1.91 bits per heavy atom. The predicted octanol–water partition coefficient (Wildman–Crippen LogP) is -1.51. The molecule has 0 spiro atoms. The summed E-state index contributed by atoms with van der Waals surface area (Å²) in [6.45, 7) is -0.445. The molecule has 10 nitrogen and oxygen atoms in total. The Labute approximate surface area is 128 Å². The third-order valence-corrected chi connectivity index (χ3v) is 4.20. The Morgan fingerprint density at radius 1 is 1.32 bits per heavy atom. The van der Waals surface area contributed by atoms with E-state index in [0.29, 0.717) is 0 Å². The van der Waals surface area contributed by atoms with Gasteiger partial charge in [0.2, 0.25) is 0 Å². The lowest BCUT2D eigenvalue weighted by Crippen LogP contribution is -2.34. The number of hydrogen-bond acceptors (Lipinski definition) is 7. The lowest BCUT2D eigenvalue weighted by molar-refractivity contribution is -0.141. The predicted molar refractivity (Wildman–Crippen MR) is 74.9 cm³/mol. The Bertz CT molecular complexity index is 652. The number of ether oxygens (including phenoxy) is 1. The van der Waals surface area contributed by atoms with Gasteiger partial charge in [-0.05, 0) is 12.5 Å². The zero-order chi connectivity index (χ0) is 17.1. The summed E-state index contributed by atoms with van der Waals surface area (Å²) in [6.07, 6.45) is -0.177. The molecule has 0 heterocycles. The van der Waals surface area contributed by atoms with Crippen molar-refractivity contribution in [3.05, 3.63) is 11.8 Å². The van der Waals surface area contributed by atoms with Crippen LogP contribution in [0.3, 0.4) is 0 Å². The van der Waals surface area contributed by atoms with Crippen LogP contribution >= 0.6 is 0 Å². The van der Waals surface area contributed by atoms with E-state index in [1.54, 1.807) is 0 Å². The van der Waals surface area contributed by atoms with Crippen molar-refractivity contribution in [3.63, 3.8) is 0 Å². The second kappa shape index (κ2) is 6.96. The van der Waals surface area contributed by atoms with E-state index in [2.05, 4.69) is 4.18 Å². The number of carbonyl (C=O) groups is 1. The van der Waals surface area contributed by atoms with Crippen LogP contribution in [0.2, 0.25) is 5.82 Å². The van der Waals surface area contributed by atoms with Crippen molar-refractivity contribution in [1.29, 1.82) is 0 Å². The Balaban J connectivity index is 2.89. The van der Waals surface area contributed by atoms with Gasteiger partial charge >= 0.3 is 16.4 Å². The molecule has 3 unspecified atom stereocenters. The van der Waals surface area contributed by atoms with Crippen molar-refractivity contribution in [2.24, 2.45) is 5.92 Å². The van der Waals surface area contributed by atoms with Gasteiger partial charge in [0, 0.05) is 5.82 Å². The van der Waals surface area contributed by atoms with Crippen molar-refractivity contribution in [3.8, 4) is 0 Å². The molecule has 1 aliphatic carbocycles. The van der Waals surface area contributed by atoms with Crippen molar-refractivity contribution < 1.29 is 44.8 Å². The lowest BCUT2D eigenvalue weighted by Gasteiger charge is -2.31. The summed E-state index contributed by atoms with van der Waals surface area (Å²) in [7, 11) is -7.57. The number of rotatable bonds is 7. The first-order chi connectivity index (χ1) is 9.89. The van der Waals surface area contributed by atoms with Crippen molar-refractivity contribution in [1.82, 2.24) is 0 Å². The SMILES string of the molecule is BC1C(OCCS(=O)(=O)O)=CC(C(=O)O)CC1OS(=O)(=O)O. The van der Waals surface area contributed by atoms with Crippen molar-refractivity contribution in [2.75, 3.05) is 12.4 Å². The number of aliphatic carboxylic acids is 1. The second-order valence-electron chi connectivity index (χ2n) is 4.74. The molecular weight excluding hydrogens is 343 g/mol. The summed E-state index contributed by atoms with van der Waals surface area (Å²) >= 11 is 0. The van der Waals surface area contributed by atoms with Gasteiger partial charge in [0.15, 0.2) is 0 Å². The minimum atomic E-state index is -4.78. The van der Waals surface area contributed by atoms with Gasteiger partial charge in [-0.25, -0.2) is 4.18 Å². The van der Waals surface area contributed by atoms with Gasteiger partial charge in [-0.3, -0.25) is 13.9 Å². The minimum absolute atomic E-state index is 0.0101. The zero-order valence-corrected chi connectivity index (χ0v) is 13.1. The Hall–Kier alpha value is -1.15. The smallest absolute Gasteiger partial charge is 0.397 e. The van der Waals surface area contributed by atoms with Crippen LogP contribution in [-0.2, 0) is 34.2 Å². The fourth-order valence-electron chi connectivity index (χ4n) is 1.95. The summed E-state index contributed by atoms with van der Waals surface area (Å²) in [5.74, 6) is -3.82. The first-order valence-corrected chi connectivity index (χ1v) is 9.04. The maximum Gasteiger partial charge on any atom is 0.397 e. The van der Waals surface area contributed by atoms with Crippen LogP contribution in [0.4, 0.5) is 0 Å². The van der Waals surface area contributed by atoms with E-state index >= 15 is 0 Å². The highest BCUT2D eigenvalue weighted by Crippen LogP contribution is 2.34. The summed E-state index contributed by atoms with van der Waals surface area (Å²) in [5, 5.41) is 9.01. The van der Waals surface area contributed by atoms with Crippen molar-refractivity contribution in [2.45, 2.75) is 18.3 Å². The van der Waals surface area contributed by atoms with E-state index in [4.69, 9.17) is 18.9 Å². The molecule has 0 aromatic carbocycles. The van der Waals surface area contributed by atoms with Crippen LogP contribution in [0.15, 0.2) is 11.8 Å². The van der Waals surface area contributed by atoms with Gasteiger partial charge in [-0.15, -0.1) is 0 Å². The van der Waals surface area contributed by atoms with Crippen LogP contribution in [-0.4, -0.2) is 63.3 Å². The molecule has 0 aromatic rings. The zero-order valence-electron chi connectivity index (χ0n) is 11.4. The van der Waals surface area contributed by atoms with E-state index in [1.165, 1.54) is 13.9 Å². The van der Waals surface area contributed by atoms with Crippen LogP contribution in [0.5, 0.6) is 0 Å². The standard InChI is InChI=1S/C9H15BO10S2/c10-8-6(19-1-2-21(13,14)15)3-5(9(11)12)4-7(8)20-22(16,17)18/h3,5,7-8H,1-2,4,10H2,(H,11,12)(H,13,14,15)(H,16,17,18). The molecule has 3 atom stereocenters. The fraction of sp³-hybridized carbons (Fsp3) is 0.667. The van der Waals surface area contributed by atoms with Crippen LogP contribution < -0.4 is 0 Å². The molecule has 0 bridgehead atoms. The molecule has 22 heavy (non-hydrogen) atoms. The van der Waals surface area contributed by atoms with Gasteiger partial charge in [0.1, 0.15) is 20.2 Å². The highest BCUT2D eigenvalue weighted by atomic mass is 32.3. The summed E-state index contributed by atoms with van der Waals surface area (Å²) in [6, 6.07) is 0. The monoisotopic (exact) mass is 358 g/mol. The highest BCUT2D eigenvalue weighted by Gasteiger charge is 2.36. The van der Waals surface area contributed by atoms with E-state index in [-0.39, 0.29) is 12.2 Å². The average molecular weight is 358 g/mol. The van der Waals surface area contributed by atoms with Gasteiger partial charge < -0.3 is 9.84 Å². The van der Waals surface area contributed by atoms with Crippen LogP contribution in [0.1, 0.15) is 6.42 Å². The van der Waals surface area contributed by atoms with Gasteiger partial charge in [-0.1, -0.05) is 0 Å². The minimum Gasteiger partial charge on any atom is -0.497 e. The molecule has 0 fully saturated rings. The normalized spacial score (nSPS) is 26.3. The molecule has 1 aliphatic rings. The quantitative estimate of drug-likeness (QED) is 0.360. The molecule has 13 heteroatoms. The largest absolute Gasteiger partial charge is 0.497 e. The Kier molecular flexibility index (Phi) is 5.98. The highest BCUT2D eigenvalue weighted by molar-refractivity contribution is 7.85. The second-order valence-corrected chi connectivity index (χ2v) is 7.36. The van der Waals surface area contributed by atoms with E-state index in [0.717, 1.165) is 0 Å². The van der Waals surface area contributed by atoms with Crippen LogP contribution in [0.25, 0.3) is 0 Å². The topological polar surface area (TPSA) is 164 Å². The molecule has 126 valence electrons. The third-order valence-electron chi connectivity index (χ3n) is 3.03.